The zero-order valence-electron chi connectivity index (χ0n) is 13.6. The van der Waals surface area contributed by atoms with Crippen LogP contribution in [0.15, 0.2) is 59.7 Å². The van der Waals surface area contributed by atoms with Crippen molar-refractivity contribution in [2.75, 3.05) is 5.32 Å². The molecule has 5 nitrogen and oxygen atoms in total. The minimum atomic E-state index is -0.632. The first kappa shape index (κ1) is 16.0. The van der Waals surface area contributed by atoms with Gasteiger partial charge in [-0.25, -0.2) is 13.8 Å². The minimum Gasteiger partial charge on any atom is -0.373 e. The molecule has 0 fully saturated rings. The van der Waals surface area contributed by atoms with E-state index >= 15 is 0 Å². The molecule has 1 aromatic heterocycles. The van der Waals surface area contributed by atoms with Crippen LogP contribution in [0.25, 0.3) is 0 Å². The third kappa shape index (κ3) is 2.63. The number of aliphatic imine (C=N–C) groups is 1. The molecule has 0 saturated carbocycles. The summed E-state index contributed by atoms with van der Waals surface area (Å²) in [6, 6.07) is 11.8. The van der Waals surface area contributed by atoms with Crippen LogP contribution in [0, 0.1) is 17.0 Å². The van der Waals surface area contributed by atoms with Crippen molar-refractivity contribution in [1.82, 2.24) is 4.98 Å². The number of guanidine groups is 1. The van der Waals surface area contributed by atoms with Crippen LogP contribution in [0.5, 0.6) is 0 Å². The monoisotopic (exact) mass is 351 g/mol. The number of nitrogens with one attached hydrogen (secondary N) is 3. The van der Waals surface area contributed by atoms with E-state index in [0.29, 0.717) is 28.2 Å². The maximum absolute atomic E-state index is 14.5. The highest BCUT2D eigenvalue weighted by Crippen LogP contribution is 2.36. The van der Waals surface area contributed by atoms with Gasteiger partial charge in [0.25, 0.3) is 0 Å². The van der Waals surface area contributed by atoms with Crippen molar-refractivity contribution >= 4 is 17.4 Å². The number of nitrogens with two attached hydrogens (primary N) is 1. The van der Waals surface area contributed by atoms with Gasteiger partial charge in [0.15, 0.2) is 0 Å². The summed E-state index contributed by atoms with van der Waals surface area (Å²) in [6.45, 7) is 0. The molecule has 4 rings (SSSR count). The summed E-state index contributed by atoms with van der Waals surface area (Å²) < 4.78 is 28.2. The Labute approximate surface area is 148 Å². The fourth-order valence-electron chi connectivity index (χ4n) is 3.23. The van der Waals surface area contributed by atoms with Crippen molar-refractivity contribution in [2.24, 2.45) is 10.7 Å². The first-order valence-electron chi connectivity index (χ1n) is 7.96. The van der Waals surface area contributed by atoms with Crippen molar-refractivity contribution in [3.63, 3.8) is 0 Å². The molecule has 2 heterocycles. The number of benzene rings is 2. The second kappa shape index (κ2) is 6.11. The summed E-state index contributed by atoms with van der Waals surface area (Å²) in [4.78, 5) is 7.25. The lowest BCUT2D eigenvalue weighted by Crippen LogP contribution is -2.14. The van der Waals surface area contributed by atoms with Crippen LogP contribution in [0.1, 0.15) is 28.4 Å². The Kier molecular flexibility index (Phi) is 3.76. The number of para-hydroxylation sites is 1. The Bertz CT molecular complexity index is 1040. The fourth-order valence-corrected chi connectivity index (χ4v) is 3.23. The van der Waals surface area contributed by atoms with Crippen molar-refractivity contribution in [3.8, 4) is 0 Å². The molecule has 1 unspecified atom stereocenters. The Morgan fingerprint density at radius 2 is 1.88 bits per heavy atom. The van der Waals surface area contributed by atoms with Gasteiger partial charge in [-0.15, -0.1) is 0 Å². The third-order valence-corrected chi connectivity index (χ3v) is 4.31. The van der Waals surface area contributed by atoms with Crippen molar-refractivity contribution in [2.45, 2.75) is 6.04 Å². The number of halogens is 2. The lowest BCUT2D eigenvalue weighted by Gasteiger charge is -2.20. The lowest BCUT2D eigenvalue weighted by molar-refractivity contribution is 0.581. The molecule has 26 heavy (non-hydrogen) atoms. The molecule has 0 spiro atoms. The molecule has 1 aliphatic heterocycles. The number of nitrogens with zero attached hydrogens (tertiary/aromatic N) is 1. The van der Waals surface area contributed by atoms with Gasteiger partial charge in [-0.1, -0.05) is 18.2 Å². The molecular formula is C19H15F2N5. The van der Waals surface area contributed by atoms with Gasteiger partial charge in [0.05, 0.1) is 11.7 Å². The van der Waals surface area contributed by atoms with E-state index in [1.165, 1.54) is 6.07 Å². The van der Waals surface area contributed by atoms with Crippen LogP contribution >= 0.6 is 0 Å². The van der Waals surface area contributed by atoms with Crippen molar-refractivity contribution < 1.29 is 8.78 Å². The molecule has 1 aliphatic rings. The van der Waals surface area contributed by atoms with Gasteiger partial charge in [-0.2, -0.15) is 0 Å². The Morgan fingerprint density at radius 3 is 2.69 bits per heavy atom. The normalized spacial score (nSPS) is 17.2. The molecule has 0 saturated heterocycles. The number of rotatable bonds is 1. The SMILES string of the molecule is N=C(N)/N=C1/c2ccccc2NC(c2cc(F)ccc2F)c2cc[nH]c21. The summed E-state index contributed by atoms with van der Waals surface area (Å²) in [5.41, 5.74) is 8.84. The van der Waals surface area contributed by atoms with E-state index in [1.54, 1.807) is 12.3 Å². The van der Waals surface area contributed by atoms with Crippen LogP contribution < -0.4 is 11.1 Å². The molecule has 130 valence electrons. The molecule has 5 N–H and O–H groups in total. The van der Waals surface area contributed by atoms with Gasteiger partial charge in [0, 0.05) is 28.6 Å². The molecule has 7 heteroatoms. The predicted octanol–water partition coefficient (Wildman–Crippen LogP) is 3.54. The number of hydrogen-bond donors (Lipinski definition) is 4. The van der Waals surface area contributed by atoms with Crippen LogP contribution in [-0.4, -0.2) is 16.7 Å². The van der Waals surface area contributed by atoms with Gasteiger partial charge < -0.3 is 16.0 Å². The highest BCUT2D eigenvalue weighted by atomic mass is 19.1. The Morgan fingerprint density at radius 1 is 1.08 bits per heavy atom. The van der Waals surface area contributed by atoms with E-state index in [9.17, 15) is 8.78 Å². The molecule has 1 atom stereocenters. The zero-order chi connectivity index (χ0) is 18.3. The second-order valence-corrected chi connectivity index (χ2v) is 5.94. The number of hydrogen-bond acceptors (Lipinski definition) is 2. The van der Waals surface area contributed by atoms with E-state index in [0.717, 1.165) is 12.1 Å². The highest BCUT2D eigenvalue weighted by molar-refractivity contribution is 6.19. The Balaban J connectivity index is 1.99. The van der Waals surface area contributed by atoms with Gasteiger partial charge in [-0.05, 0) is 30.3 Å². The number of fused-ring (bicyclic) bond motifs is 2. The zero-order valence-corrected chi connectivity index (χ0v) is 13.6. The summed E-state index contributed by atoms with van der Waals surface area (Å²) in [5, 5.41) is 10.8. The first-order chi connectivity index (χ1) is 12.5. The predicted molar refractivity (Wildman–Crippen MR) is 96.6 cm³/mol. The topological polar surface area (TPSA) is 90.1 Å². The van der Waals surface area contributed by atoms with Crippen LogP contribution in [0.3, 0.4) is 0 Å². The number of aromatic amines is 1. The van der Waals surface area contributed by atoms with Gasteiger partial charge in [0.2, 0.25) is 5.96 Å². The van der Waals surface area contributed by atoms with E-state index in [1.807, 2.05) is 24.3 Å². The Hall–Kier alpha value is -3.48. The third-order valence-electron chi connectivity index (χ3n) is 4.31. The summed E-state index contributed by atoms with van der Waals surface area (Å²) in [5.74, 6) is -1.37. The van der Waals surface area contributed by atoms with Gasteiger partial charge in [0.1, 0.15) is 17.3 Å². The van der Waals surface area contributed by atoms with Crippen molar-refractivity contribution in [3.05, 3.63) is 88.7 Å². The van der Waals surface area contributed by atoms with Gasteiger partial charge >= 0.3 is 0 Å². The van der Waals surface area contributed by atoms with Crippen LogP contribution in [0.4, 0.5) is 14.5 Å². The summed E-state index contributed by atoms with van der Waals surface area (Å²) in [7, 11) is 0. The molecule has 3 aromatic rings. The molecule has 0 bridgehead atoms. The highest BCUT2D eigenvalue weighted by Gasteiger charge is 2.29. The summed E-state index contributed by atoms with van der Waals surface area (Å²) >= 11 is 0. The standard InChI is InChI=1S/C19H15F2N5/c20-10-5-6-14(21)13(9-10)16-12-7-8-24-17(12)18(26-19(22)23)11-3-1-2-4-15(11)25-16/h1-9,16,24-25H,(H3,22,23)/b26-18-. The lowest BCUT2D eigenvalue weighted by atomic mass is 9.97. The number of H-pyrrole nitrogens is 1. The van der Waals surface area contributed by atoms with Crippen molar-refractivity contribution in [1.29, 1.82) is 5.41 Å². The van der Waals surface area contributed by atoms with Gasteiger partial charge in [-0.3, -0.25) is 5.41 Å². The quantitative estimate of drug-likeness (QED) is 0.399. The molecule has 2 aromatic carbocycles. The smallest absolute Gasteiger partial charge is 0.213 e. The first-order valence-corrected chi connectivity index (χ1v) is 7.96. The van der Waals surface area contributed by atoms with E-state index in [2.05, 4.69) is 15.3 Å². The van der Waals surface area contributed by atoms with E-state index < -0.39 is 17.7 Å². The molecule has 0 radical (unpaired) electrons. The number of aromatic nitrogens is 1. The fraction of sp³-hybridized carbons (Fsp3) is 0.0526. The van der Waals surface area contributed by atoms with E-state index in [4.69, 9.17) is 11.1 Å². The molecule has 0 aliphatic carbocycles. The van der Waals surface area contributed by atoms with E-state index in [-0.39, 0.29) is 11.5 Å². The maximum Gasteiger partial charge on any atom is 0.213 e. The molecular weight excluding hydrogens is 336 g/mol. The second-order valence-electron chi connectivity index (χ2n) is 5.94. The van der Waals surface area contributed by atoms with Crippen LogP contribution in [-0.2, 0) is 0 Å². The average molecular weight is 351 g/mol. The minimum absolute atomic E-state index is 0.185. The average Bonchev–Trinajstić information content (AvgIpc) is 3.05. The van der Waals surface area contributed by atoms with Crippen LogP contribution in [0.2, 0.25) is 0 Å². The maximum atomic E-state index is 14.5. The number of anilines is 1. The largest absolute Gasteiger partial charge is 0.373 e. The molecule has 0 amide bonds. The summed E-state index contributed by atoms with van der Waals surface area (Å²) in [6.07, 6.45) is 1.69.